The zero-order valence-electron chi connectivity index (χ0n) is 15.3. The second-order valence-corrected chi connectivity index (χ2v) is 10.4. The maximum atomic E-state index is 12.9. The van der Waals surface area contributed by atoms with Gasteiger partial charge in [-0.3, -0.25) is 9.59 Å². The Hall–Kier alpha value is -1.49. The summed E-state index contributed by atoms with van der Waals surface area (Å²) in [4.78, 5) is 29.0. The molecule has 2 amide bonds. The van der Waals surface area contributed by atoms with Crippen molar-refractivity contribution in [2.75, 3.05) is 45.9 Å². The number of thiophene rings is 1. The van der Waals surface area contributed by atoms with E-state index in [1.165, 1.54) is 20.5 Å². The van der Waals surface area contributed by atoms with Gasteiger partial charge in [0, 0.05) is 37.6 Å². The molecule has 3 heterocycles. The first-order chi connectivity index (χ1) is 12.8. The molecule has 1 atom stereocenters. The van der Waals surface area contributed by atoms with Crippen LogP contribution in [0.25, 0.3) is 0 Å². The highest BCUT2D eigenvalue weighted by atomic mass is 32.2. The molecule has 2 aliphatic heterocycles. The average molecular weight is 416 g/mol. The van der Waals surface area contributed by atoms with E-state index < -0.39 is 15.9 Å². The van der Waals surface area contributed by atoms with E-state index in [2.05, 4.69) is 0 Å². The fourth-order valence-corrected chi connectivity index (χ4v) is 6.51. The molecule has 0 aliphatic carbocycles. The van der Waals surface area contributed by atoms with Crippen molar-refractivity contribution in [3.05, 3.63) is 17.0 Å². The van der Waals surface area contributed by atoms with E-state index in [0.29, 0.717) is 36.7 Å². The quantitative estimate of drug-likeness (QED) is 0.737. The standard InChI is InChI=1S/C17H25N3O5S2/c1-13-4-5-16(26-13)27(24,25)20-6-2-3-14(11-20)17(23)19-8-7-18(9-10-21)15(22)12-19/h4-5,14,21H,2-3,6-12H2,1H3. The normalized spacial score (nSPS) is 22.3. The molecule has 0 aromatic carbocycles. The molecule has 0 spiro atoms. The lowest BCUT2D eigenvalue weighted by atomic mass is 9.97. The van der Waals surface area contributed by atoms with Crippen molar-refractivity contribution >= 4 is 33.2 Å². The van der Waals surface area contributed by atoms with E-state index >= 15 is 0 Å². The number of amides is 2. The Morgan fingerprint density at radius 3 is 2.70 bits per heavy atom. The van der Waals surface area contributed by atoms with Gasteiger partial charge in [0.15, 0.2) is 0 Å². The molecule has 2 fully saturated rings. The molecular formula is C17H25N3O5S2. The van der Waals surface area contributed by atoms with E-state index in [1.807, 2.05) is 6.92 Å². The predicted octanol–water partition coefficient (Wildman–Crippen LogP) is 0.120. The van der Waals surface area contributed by atoms with Crippen LogP contribution in [0.5, 0.6) is 0 Å². The first-order valence-electron chi connectivity index (χ1n) is 9.07. The van der Waals surface area contributed by atoms with Gasteiger partial charge in [0.2, 0.25) is 11.8 Å². The van der Waals surface area contributed by atoms with E-state index in [9.17, 15) is 18.0 Å². The average Bonchev–Trinajstić information content (AvgIpc) is 3.10. The van der Waals surface area contributed by atoms with E-state index in [-0.39, 0.29) is 38.1 Å². The summed E-state index contributed by atoms with van der Waals surface area (Å²) in [6, 6.07) is 3.39. The zero-order valence-corrected chi connectivity index (χ0v) is 17.0. The van der Waals surface area contributed by atoms with Gasteiger partial charge in [-0.25, -0.2) is 8.42 Å². The van der Waals surface area contributed by atoms with Crippen LogP contribution in [-0.2, 0) is 19.6 Å². The number of aliphatic hydroxyl groups is 1. The summed E-state index contributed by atoms with van der Waals surface area (Å²) in [7, 11) is -3.59. The van der Waals surface area contributed by atoms with Crippen molar-refractivity contribution in [1.82, 2.24) is 14.1 Å². The number of carbonyl (C=O) groups is 2. The van der Waals surface area contributed by atoms with Crippen molar-refractivity contribution in [1.29, 1.82) is 0 Å². The fraction of sp³-hybridized carbons (Fsp3) is 0.647. The molecule has 3 rings (SSSR count). The number of aliphatic hydroxyl groups excluding tert-OH is 1. The van der Waals surface area contributed by atoms with Gasteiger partial charge in [0.25, 0.3) is 10.0 Å². The molecule has 150 valence electrons. The first-order valence-corrected chi connectivity index (χ1v) is 11.3. The van der Waals surface area contributed by atoms with Gasteiger partial charge in [-0.15, -0.1) is 11.3 Å². The summed E-state index contributed by atoms with van der Waals surface area (Å²) in [5, 5.41) is 8.98. The lowest BCUT2D eigenvalue weighted by Crippen LogP contribution is -2.55. The number of aryl methyl sites for hydroxylation is 1. The minimum atomic E-state index is -3.59. The predicted molar refractivity (Wildman–Crippen MR) is 101 cm³/mol. The molecule has 2 aliphatic rings. The van der Waals surface area contributed by atoms with Gasteiger partial charge in [0.1, 0.15) is 4.21 Å². The third-order valence-electron chi connectivity index (χ3n) is 5.04. The molecule has 1 unspecified atom stereocenters. The van der Waals surface area contributed by atoms with Gasteiger partial charge < -0.3 is 14.9 Å². The third kappa shape index (κ3) is 4.34. The van der Waals surface area contributed by atoms with E-state index in [0.717, 1.165) is 4.88 Å². The molecule has 1 aromatic heterocycles. The molecule has 2 saturated heterocycles. The molecule has 0 bridgehead atoms. The van der Waals surface area contributed by atoms with Crippen LogP contribution < -0.4 is 0 Å². The molecule has 0 saturated carbocycles. The second-order valence-electron chi connectivity index (χ2n) is 6.93. The van der Waals surface area contributed by atoms with Crippen molar-refractivity contribution in [2.45, 2.75) is 24.0 Å². The highest BCUT2D eigenvalue weighted by Crippen LogP contribution is 2.29. The van der Waals surface area contributed by atoms with Crippen LogP contribution >= 0.6 is 11.3 Å². The molecule has 1 N–H and O–H groups in total. The van der Waals surface area contributed by atoms with Crippen LogP contribution in [0.1, 0.15) is 17.7 Å². The van der Waals surface area contributed by atoms with Crippen LogP contribution in [0, 0.1) is 12.8 Å². The maximum absolute atomic E-state index is 12.9. The Morgan fingerprint density at radius 2 is 2.07 bits per heavy atom. The van der Waals surface area contributed by atoms with Gasteiger partial charge >= 0.3 is 0 Å². The number of nitrogens with zero attached hydrogens (tertiary/aromatic N) is 3. The monoisotopic (exact) mass is 415 g/mol. The summed E-state index contributed by atoms with van der Waals surface area (Å²) in [5.74, 6) is -0.765. The van der Waals surface area contributed by atoms with Crippen molar-refractivity contribution < 1.29 is 23.1 Å². The molecule has 27 heavy (non-hydrogen) atoms. The van der Waals surface area contributed by atoms with Crippen molar-refractivity contribution in [2.24, 2.45) is 5.92 Å². The maximum Gasteiger partial charge on any atom is 0.252 e. The number of sulfonamides is 1. The summed E-state index contributed by atoms with van der Waals surface area (Å²) in [5.41, 5.74) is 0. The second kappa shape index (κ2) is 8.26. The molecule has 10 heteroatoms. The minimum absolute atomic E-state index is 0.00774. The summed E-state index contributed by atoms with van der Waals surface area (Å²) in [6.45, 7) is 3.40. The Morgan fingerprint density at radius 1 is 1.30 bits per heavy atom. The molecule has 1 aromatic rings. The minimum Gasteiger partial charge on any atom is -0.395 e. The van der Waals surface area contributed by atoms with Crippen LogP contribution in [0.4, 0.5) is 0 Å². The number of piperazine rings is 1. The van der Waals surface area contributed by atoms with Gasteiger partial charge in [0.05, 0.1) is 19.1 Å². The van der Waals surface area contributed by atoms with Crippen LogP contribution in [-0.4, -0.2) is 85.3 Å². The SMILES string of the molecule is Cc1ccc(S(=O)(=O)N2CCCC(C(=O)N3CCN(CCO)C(=O)C3)C2)s1. The van der Waals surface area contributed by atoms with Gasteiger partial charge in [-0.2, -0.15) is 4.31 Å². The number of β-amino-alcohol motifs (C(OH)–C–C–N with tert-alkyl or cyclic N) is 1. The van der Waals surface area contributed by atoms with E-state index in [4.69, 9.17) is 5.11 Å². The number of hydrogen-bond acceptors (Lipinski definition) is 6. The summed E-state index contributed by atoms with van der Waals surface area (Å²) >= 11 is 1.24. The van der Waals surface area contributed by atoms with Gasteiger partial charge in [-0.05, 0) is 31.9 Å². The summed E-state index contributed by atoms with van der Waals surface area (Å²) < 4.78 is 27.4. The zero-order chi connectivity index (χ0) is 19.6. The highest BCUT2D eigenvalue weighted by molar-refractivity contribution is 7.91. The lowest BCUT2D eigenvalue weighted by Gasteiger charge is -2.38. The molecule has 0 radical (unpaired) electrons. The topological polar surface area (TPSA) is 98.2 Å². The summed E-state index contributed by atoms with van der Waals surface area (Å²) in [6.07, 6.45) is 1.25. The Labute approximate surface area is 163 Å². The van der Waals surface area contributed by atoms with Gasteiger partial charge in [-0.1, -0.05) is 0 Å². The Bertz CT molecular complexity index is 807. The number of carbonyl (C=O) groups excluding carboxylic acids is 2. The number of piperidine rings is 1. The smallest absolute Gasteiger partial charge is 0.252 e. The lowest BCUT2D eigenvalue weighted by molar-refractivity contribution is -0.148. The van der Waals surface area contributed by atoms with Crippen molar-refractivity contribution in [3.8, 4) is 0 Å². The molecule has 8 nitrogen and oxygen atoms in total. The highest BCUT2D eigenvalue weighted by Gasteiger charge is 2.37. The number of rotatable bonds is 5. The van der Waals surface area contributed by atoms with Crippen molar-refractivity contribution in [3.63, 3.8) is 0 Å². The fourth-order valence-electron chi connectivity index (χ4n) is 3.55. The molecular weight excluding hydrogens is 390 g/mol. The van der Waals surface area contributed by atoms with Crippen LogP contribution in [0.3, 0.4) is 0 Å². The largest absolute Gasteiger partial charge is 0.395 e. The van der Waals surface area contributed by atoms with E-state index in [1.54, 1.807) is 17.0 Å². The Kier molecular flexibility index (Phi) is 6.19. The number of hydrogen-bond donors (Lipinski definition) is 1. The van der Waals surface area contributed by atoms with Crippen LogP contribution in [0.15, 0.2) is 16.3 Å². The van der Waals surface area contributed by atoms with Crippen LogP contribution in [0.2, 0.25) is 0 Å². The Balaban J connectivity index is 1.66. The first kappa shape index (κ1) is 20.2. The third-order valence-corrected chi connectivity index (χ3v) is 8.38.